The highest BCUT2D eigenvalue weighted by atomic mass is 35.5. The van der Waals surface area contributed by atoms with Gasteiger partial charge < -0.3 is 10.1 Å². The molecule has 5 rings (SSSR count). The largest absolute Gasteiger partial charge is 0.496 e. The van der Waals surface area contributed by atoms with Gasteiger partial charge in [-0.3, -0.25) is 10.00 Å². The molecule has 2 atom stereocenters. The van der Waals surface area contributed by atoms with Crippen LogP contribution in [0, 0.1) is 5.82 Å². The maximum atomic E-state index is 13.4. The molecule has 0 radical (unpaired) electrons. The van der Waals surface area contributed by atoms with E-state index in [1.165, 1.54) is 17.7 Å². The van der Waals surface area contributed by atoms with Crippen molar-refractivity contribution in [2.75, 3.05) is 13.7 Å². The van der Waals surface area contributed by atoms with Crippen LogP contribution >= 0.6 is 37.2 Å². The number of halogens is 4. The summed E-state index contributed by atoms with van der Waals surface area (Å²) in [6.07, 6.45) is 3.80. The standard InChI is InChI=1S/C28H30FN5O.3ClH/c1-35-26-14-11-22(20-9-12-24(29)13-10-20)16-23(26)17-30-25-8-5-15-34(18-27-31-19-32-33-27)28(25)21-6-3-2-4-7-21;;;/h2-4,6-7,9-14,16,19,25,28,30H,5,8,15,17-18H2,1H3,(H,31,32,33);3*1H/t25-,28-;;;/m0.../s1. The van der Waals surface area contributed by atoms with Crippen molar-refractivity contribution < 1.29 is 9.13 Å². The molecule has 38 heavy (non-hydrogen) atoms. The van der Waals surface area contributed by atoms with Crippen molar-refractivity contribution in [2.45, 2.75) is 38.0 Å². The van der Waals surface area contributed by atoms with Crippen molar-refractivity contribution in [3.05, 3.63) is 102 Å². The summed E-state index contributed by atoms with van der Waals surface area (Å²) in [5.41, 5.74) is 4.38. The minimum Gasteiger partial charge on any atom is -0.496 e. The molecule has 0 saturated carbocycles. The SMILES string of the molecule is COc1ccc(-c2ccc(F)cc2)cc1CN[C@H]1CCCN(Cc2nc[nH]n2)[C@H]1c1ccccc1.Cl.Cl.Cl. The lowest BCUT2D eigenvalue weighted by atomic mass is 9.90. The summed E-state index contributed by atoms with van der Waals surface area (Å²) in [4.78, 5) is 6.82. The Kier molecular flexibility index (Phi) is 12.5. The highest BCUT2D eigenvalue weighted by Gasteiger charge is 2.33. The first-order valence-corrected chi connectivity index (χ1v) is 12.0. The molecule has 0 unspecified atom stereocenters. The van der Waals surface area contributed by atoms with E-state index in [0.29, 0.717) is 13.1 Å². The quantitative estimate of drug-likeness (QED) is 0.253. The fraction of sp³-hybridized carbons (Fsp3) is 0.286. The molecule has 6 nitrogen and oxygen atoms in total. The van der Waals surface area contributed by atoms with Crippen molar-refractivity contribution in [3.8, 4) is 16.9 Å². The average Bonchev–Trinajstić information content (AvgIpc) is 3.41. The van der Waals surface area contributed by atoms with Crippen molar-refractivity contribution in [3.63, 3.8) is 0 Å². The number of rotatable bonds is 8. The van der Waals surface area contributed by atoms with Gasteiger partial charge in [-0.25, -0.2) is 9.37 Å². The van der Waals surface area contributed by atoms with Crippen LogP contribution in [-0.4, -0.2) is 39.8 Å². The van der Waals surface area contributed by atoms with Crippen LogP contribution in [-0.2, 0) is 13.1 Å². The van der Waals surface area contributed by atoms with Gasteiger partial charge in [0.15, 0.2) is 5.82 Å². The number of benzene rings is 3. The van der Waals surface area contributed by atoms with E-state index in [9.17, 15) is 4.39 Å². The number of likely N-dealkylation sites (tertiary alicyclic amines) is 1. The Balaban J connectivity index is 0.00000169. The first-order valence-electron chi connectivity index (χ1n) is 12.0. The number of hydrogen-bond acceptors (Lipinski definition) is 5. The second-order valence-corrected chi connectivity index (χ2v) is 8.90. The summed E-state index contributed by atoms with van der Waals surface area (Å²) in [5.74, 6) is 1.41. The van der Waals surface area contributed by atoms with Crippen molar-refractivity contribution in [2.24, 2.45) is 0 Å². The zero-order chi connectivity index (χ0) is 24.0. The van der Waals surface area contributed by atoms with Crippen molar-refractivity contribution >= 4 is 37.2 Å². The molecule has 1 aromatic heterocycles. The van der Waals surface area contributed by atoms with E-state index in [1.807, 2.05) is 24.3 Å². The van der Waals surface area contributed by atoms with Gasteiger partial charge in [-0.15, -0.1) is 37.2 Å². The lowest BCUT2D eigenvalue weighted by Crippen LogP contribution is -2.47. The topological polar surface area (TPSA) is 66.1 Å². The predicted octanol–water partition coefficient (Wildman–Crippen LogP) is 6.38. The number of ether oxygens (including phenoxy) is 1. The van der Waals surface area contributed by atoms with Crippen LogP contribution in [0.4, 0.5) is 4.39 Å². The van der Waals surface area contributed by atoms with Crippen molar-refractivity contribution in [1.82, 2.24) is 25.4 Å². The molecular weight excluding hydrogens is 548 g/mol. The number of nitrogens with zero attached hydrogens (tertiary/aromatic N) is 3. The molecule has 204 valence electrons. The number of aromatic amines is 1. The fourth-order valence-electron chi connectivity index (χ4n) is 5.02. The van der Waals surface area contributed by atoms with E-state index >= 15 is 0 Å². The molecule has 0 bridgehead atoms. The Bertz CT molecular complexity index is 1230. The molecule has 1 fully saturated rings. The molecule has 1 aliphatic heterocycles. The third kappa shape index (κ3) is 7.46. The molecule has 3 aromatic carbocycles. The second kappa shape index (κ2) is 15.0. The summed E-state index contributed by atoms with van der Waals surface area (Å²) < 4.78 is 19.1. The molecule has 2 N–H and O–H groups in total. The normalized spacial score (nSPS) is 17.0. The Morgan fingerprint density at radius 2 is 1.74 bits per heavy atom. The van der Waals surface area contributed by atoms with E-state index < -0.39 is 0 Å². The molecular formula is C28H33Cl3FN5O. The van der Waals surface area contributed by atoms with Gasteiger partial charge in [-0.2, -0.15) is 5.10 Å². The average molecular weight is 581 g/mol. The fourth-order valence-corrected chi connectivity index (χ4v) is 5.02. The Morgan fingerprint density at radius 3 is 2.42 bits per heavy atom. The van der Waals surface area contributed by atoms with Crippen molar-refractivity contribution in [1.29, 1.82) is 0 Å². The second-order valence-electron chi connectivity index (χ2n) is 8.90. The van der Waals surface area contributed by atoms with E-state index in [4.69, 9.17) is 4.74 Å². The molecule has 2 heterocycles. The summed E-state index contributed by atoms with van der Waals surface area (Å²) in [6.45, 7) is 2.36. The van der Waals surface area contributed by atoms with Crippen LogP contribution < -0.4 is 10.1 Å². The van der Waals surface area contributed by atoms with E-state index in [-0.39, 0.29) is 55.1 Å². The van der Waals surface area contributed by atoms with E-state index in [0.717, 1.165) is 47.7 Å². The molecule has 1 saturated heterocycles. The summed E-state index contributed by atoms with van der Waals surface area (Å²) in [7, 11) is 1.70. The molecule has 0 aliphatic carbocycles. The molecule has 1 aliphatic rings. The smallest absolute Gasteiger partial charge is 0.164 e. The minimum atomic E-state index is -0.233. The maximum Gasteiger partial charge on any atom is 0.164 e. The first kappa shape index (κ1) is 31.5. The summed E-state index contributed by atoms with van der Waals surface area (Å²) in [5, 5.41) is 10.9. The Morgan fingerprint density at radius 1 is 1.00 bits per heavy atom. The van der Waals surface area contributed by atoms with Crippen LogP contribution in [0.3, 0.4) is 0 Å². The van der Waals surface area contributed by atoms with Gasteiger partial charge in [0.1, 0.15) is 17.9 Å². The lowest BCUT2D eigenvalue weighted by Gasteiger charge is -2.41. The molecule has 0 amide bonds. The zero-order valence-electron chi connectivity index (χ0n) is 21.0. The van der Waals surface area contributed by atoms with Crippen LogP contribution in [0.25, 0.3) is 11.1 Å². The lowest BCUT2D eigenvalue weighted by molar-refractivity contribution is 0.100. The highest BCUT2D eigenvalue weighted by molar-refractivity contribution is 5.86. The molecule has 4 aromatic rings. The molecule has 10 heteroatoms. The number of aromatic nitrogens is 3. The number of nitrogens with one attached hydrogen (secondary N) is 2. The monoisotopic (exact) mass is 579 g/mol. The Labute approximate surface area is 241 Å². The number of H-pyrrole nitrogens is 1. The van der Waals surface area contributed by atoms with Gasteiger partial charge in [0.2, 0.25) is 0 Å². The summed E-state index contributed by atoms with van der Waals surface area (Å²) >= 11 is 0. The third-order valence-corrected chi connectivity index (χ3v) is 6.70. The zero-order valence-corrected chi connectivity index (χ0v) is 23.5. The van der Waals surface area contributed by atoms with Gasteiger partial charge >= 0.3 is 0 Å². The minimum absolute atomic E-state index is 0. The van der Waals surface area contributed by atoms with Gasteiger partial charge in [0, 0.05) is 18.2 Å². The highest BCUT2D eigenvalue weighted by Crippen LogP contribution is 2.33. The Hall–Kier alpha value is -2.68. The maximum absolute atomic E-state index is 13.4. The van der Waals surface area contributed by atoms with Gasteiger partial charge in [-0.1, -0.05) is 48.5 Å². The summed E-state index contributed by atoms with van der Waals surface area (Å²) in [6, 6.07) is 23.8. The van der Waals surface area contributed by atoms with Gasteiger partial charge in [0.25, 0.3) is 0 Å². The van der Waals surface area contributed by atoms with E-state index in [2.05, 4.69) is 61.8 Å². The predicted molar refractivity (Wildman–Crippen MR) is 156 cm³/mol. The number of methoxy groups -OCH3 is 1. The van der Waals surface area contributed by atoms with Crippen LogP contribution in [0.1, 0.15) is 35.8 Å². The molecule has 0 spiro atoms. The number of hydrogen-bond donors (Lipinski definition) is 2. The first-order chi connectivity index (χ1) is 17.2. The third-order valence-electron chi connectivity index (χ3n) is 6.70. The van der Waals surface area contributed by atoms with Crippen LogP contribution in [0.15, 0.2) is 79.1 Å². The van der Waals surface area contributed by atoms with Gasteiger partial charge in [-0.05, 0) is 60.3 Å². The number of piperidine rings is 1. The van der Waals surface area contributed by atoms with E-state index in [1.54, 1.807) is 13.4 Å². The van der Waals surface area contributed by atoms with Crippen LogP contribution in [0.2, 0.25) is 0 Å². The van der Waals surface area contributed by atoms with Crippen LogP contribution in [0.5, 0.6) is 5.75 Å². The van der Waals surface area contributed by atoms with Gasteiger partial charge in [0.05, 0.1) is 19.7 Å².